The zero-order valence-electron chi connectivity index (χ0n) is 8.86. The number of rotatable bonds is 8. The summed E-state index contributed by atoms with van der Waals surface area (Å²) in [6.07, 6.45) is 2.38. The van der Waals surface area contributed by atoms with Gasteiger partial charge in [-0.2, -0.15) is 0 Å². The monoisotopic (exact) mass is 204 g/mol. The zero-order chi connectivity index (χ0) is 11.0. The fraction of sp³-hybridized carbons (Fsp3) is 0.889. The molecule has 0 saturated heterocycles. The van der Waals surface area contributed by atoms with Crippen LogP contribution in [-0.4, -0.2) is 54.5 Å². The lowest BCUT2D eigenvalue weighted by atomic mass is 10.1. The molecule has 0 spiro atoms. The summed E-state index contributed by atoms with van der Waals surface area (Å²) in [6.45, 7) is 0.848. The van der Waals surface area contributed by atoms with E-state index in [-0.39, 0.29) is 6.73 Å². The number of hydrogen-bond donors (Lipinski definition) is 3. The van der Waals surface area contributed by atoms with Crippen LogP contribution in [0, 0.1) is 0 Å². The number of hydrogen-bond acceptors (Lipinski definition) is 4. The van der Waals surface area contributed by atoms with Crippen LogP contribution in [0.4, 0.5) is 0 Å². The third-order valence-electron chi connectivity index (χ3n) is 2.17. The number of aliphatic hydroxyl groups is 1. The van der Waals surface area contributed by atoms with Gasteiger partial charge in [0.05, 0.1) is 6.73 Å². The highest BCUT2D eigenvalue weighted by Gasteiger charge is 2.13. The third kappa shape index (κ3) is 5.90. The quantitative estimate of drug-likeness (QED) is 0.374. The minimum absolute atomic E-state index is 0.0500. The van der Waals surface area contributed by atoms with Crippen LogP contribution in [0.5, 0.6) is 0 Å². The van der Waals surface area contributed by atoms with Crippen molar-refractivity contribution >= 4 is 5.97 Å². The molecule has 0 aromatic carbocycles. The highest BCUT2D eigenvalue weighted by Crippen LogP contribution is 2.01. The molecule has 0 aliphatic carbocycles. The molecule has 1 atom stereocenters. The Balaban J connectivity index is 3.47. The van der Waals surface area contributed by atoms with Gasteiger partial charge in [0, 0.05) is 0 Å². The first-order valence-electron chi connectivity index (χ1n) is 4.81. The molecular formula is C9H20N2O3. The average Bonchev–Trinajstić information content (AvgIpc) is 2.16. The van der Waals surface area contributed by atoms with E-state index in [2.05, 4.69) is 5.32 Å². The van der Waals surface area contributed by atoms with Crippen LogP contribution in [0.1, 0.15) is 19.3 Å². The number of unbranched alkanes of at least 4 members (excludes halogenated alkanes) is 1. The minimum atomic E-state index is -0.803. The number of nitrogens with zero attached hydrogens (tertiary/aromatic N) is 1. The lowest BCUT2D eigenvalue weighted by Gasteiger charge is -2.14. The number of aliphatic carboxylic acids is 1. The lowest BCUT2D eigenvalue weighted by molar-refractivity contribution is -0.139. The Morgan fingerprint density at radius 1 is 1.50 bits per heavy atom. The van der Waals surface area contributed by atoms with Crippen LogP contribution in [0.2, 0.25) is 0 Å². The van der Waals surface area contributed by atoms with E-state index < -0.39 is 12.0 Å². The maximum atomic E-state index is 10.6. The number of nitrogens with one attached hydrogen (secondary N) is 1. The molecule has 0 bridgehead atoms. The van der Waals surface area contributed by atoms with E-state index in [1.165, 1.54) is 0 Å². The molecule has 0 aliphatic heterocycles. The molecule has 3 N–H and O–H groups in total. The SMILES string of the molecule is CN[C@@H](CCCCN(C)CO)C(=O)O. The van der Waals surface area contributed by atoms with Crippen molar-refractivity contribution in [3.05, 3.63) is 0 Å². The molecule has 0 aliphatic rings. The van der Waals surface area contributed by atoms with E-state index in [4.69, 9.17) is 10.2 Å². The predicted molar refractivity (Wildman–Crippen MR) is 54.1 cm³/mol. The first-order valence-corrected chi connectivity index (χ1v) is 4.81. The van der Waals surface area contributed by atoms with Crippen molar-refractivity contribution in [1.29, 1.82) is 0 Å². The minimum Gasteiger partial charge on any atom is -0.480 e. The van der Waals surface area contributed by atoms with Gasteiger partial charge in [-0.3, -0.25) is 9.69 Å². The van der Waals surface area contributed by atoms with Gasteiger partial charge in [0.1, 0.15) is 6.04 Å². The van der Waals surface area contributed by atoms with E-state index in [1.54, 1.807) is 11.9 Å². The zero-order valence-corrected chi connectivity index (χ0v) is 8.86. The van der Waals surface area contributed by atoms with Gasteiger partial charge in [0.2, 0.25) is 0 Å². The molecule has 14 heavy (non-hydrogen) atoms. The first kappa shape index (κ1) is 13.4. The summed E-state index contributed by atoms with van der Waals surface area (Å²) in [5, 5.41) is 20.2. The molecule has 0 unspecified atom stereocenters. The van der Waals surface area contributed by atoms with Gasteiger partial charge in [-0.1, -0.05) is 6.42 Å². The number of likely N-dealkylation sites (N-methyl/N-ethyl adjacent to an activating group) is 1. The normalized spacial score (nSPS) is 13.1. The van der Waals surface area contributed by atoms with E-state index in [9.17, 15) is 4.79 Å². The van der Waals surface area contributed by atoms with E-state index >= 15 is 0 Å². The molecule has 0 fully saturated rings. The van der Waals surface area contributed by atoms with Crippen LogP contribution in [-0.2, 0) is 4.79 Å². The molecule has 0 radical (unpaired) electrons. The smallest absolute Gasteiger partial charge is 0.320 e. The third-order valence-corrected chi connectivity index (χ3v) is 2.17. The van der Waals surface area contributed by atoms with Crippen LogP contribution in [0.3, 0.4) is 0 Å². The van der Waals surface area contributed by atoms with Crippen LogP contribution in [0.25, 0.3) is 0 Å². The van der Waals surface area contributed by atoms with Crippen LogP contribution >= 0.6 is 0 Å². The Labute approximate surface area is 84.7 Å². The van der Waals surface area contributed by atoms with E-state index in [0.29, 0.717) is 6.42 Å². The van der Waals surface area contributed by atoms with Crippen LogP contribution < -0.4 is 5.32 Å². The topological polar surface area (TPSA) is 72.8 Å². The second-order valence-corrected chi connectivity index (χ2v) is 3.40. The Morgan fingerprint density at radius 3 is 2.57 bits per heavy atom. The average molecular weight is 204 g/mol. The molecule has 0 rings (SSSR count). The standard InChI is InChI=1S/C9H20N2O3/c1-10-8(9(13)14)5-3-4-6-11(2)7-12/h8,10,12H,3-7H2,1-2H3,(H,13,14)/t8-/m0/s1. The molecule has 5 heteroatoms. The molecule has 0 aromatic rings. The van der Waals surface area contributed by atoms with Crippen molar-refractivity contribution in [1.82, 2.24) is 10.2 Å². The molecule has 5 nitrogen and oxygen atoms in total. The van der Waals surface area contributed by atoms with E-state index in [1.807, 2.05) is 7.05 Å². The van der Waals surface area contributed by atoms with Gasteiger partial charge >= 0.3 is 5.97 Å². The number of aliphatic hydroxyl groups excluding tert-OH is 1. The maximum absolute atomic E-state index is 10.6. The molecule has 84 valence electrons. The van der Waals surface area contributed by atoms with Gasteiger partial charge < -0.3 is 15.5 Å². The van der Waals surface area contributed by atoms with Crippen molar-refractivity contribution in [3.63, 3.8) is 0 Å². The Hall–Kier alpha value is -0.650. The second-order valence-electron chi connectivity index (χ2n) is 3.40. The predicted octanol–water partition coefficient (Wildman–Crippen LogP) is -0.289. The van der Waals surface area contributed by atoms with Gasteiger partial charge in [-0.05, 0) is 33.5 Å². The Kier molecular flexibility index (Phi) is 7.37. The summed E-state index contributed by atoms with van der Waals surface area (Å²) in [5.74, 6) is -0.803. The summed E-state index contributed by atoms with van der Waals surface area (Å²) in [5.41, 5.74) is 0. The lowest BCUT2D eigenvalue weighted by Crippen LogP contribution is -2.33. The maximum Gasteiger partial charge on any atom is 0.320 e. The van der Waals surface area contributed by atoms with Crippen molar-refractivity contribution in [2.75, 3.05) is 27.4 Å². The first-order chi connectivity index (χ1) is 6.61. The van der Waals surface area contributed by atoms with Crippen molar-refractivity contribution in [3.8, 4) is 0 Å². The summed E-state index contributed by atoms with van der Waals surface area (Å²) in [6, 6.07) is -0.450. The molecular weight excluding hydrogens is 184 g/mol. The van der Waals surface area contributed by atoms with Crippen LogP contribution in [0.15, 0.2) is 0 Å². The molecule has 0 aromatic heterocycles. The molecule has 0 amide bonds. The Morgan fingerprint density at radius 2 is 2.14 bits per heavy atom. The fourth-order valence-corrected chi connectivity index (χ4v) is 1.19. The second kappa shape index (κ2) is 7.73. The number of carbonyl (C=O) groups is 1. The fourth-order valence-electron chi connectivity index (χ4n) is 1.19. The highest BCUT2D eigenvalue weighted by molar-refractivity contribution is 5.73. The number of carboxylic acids is 1. The summed E-state index contributed by atoms with van der Waals surface area (Å²) < 4.78 is 0. The molecule has 0 heterocycles. The molecule has 0 saturated carbocycles. The number of carboxylic acid groups (broad SMARTS) is 1. The van der Waals surface area contributed by atoms with Gasteiger partial charge in [-0.25, -0.2) is 0 Å². The van der Waals surface area contributed by atoms with Crippen molar-refractivity contribution in [2.45, 2.75) is 25.3 Å². The summed E-state index contributed by atoms with van der Waals surface area (Å²) >= 11 is 0. The largest absolute Gasteiger partial charge is 0.480 e. The van der Waals surface area contributed by atoms with Crippen molar-refractivity contribution in [2.24, 2.45) is 0 Å². The Bertz CT molecular complexity index is 164. The van der Waals surface area contributed by atoms with Gasteiger partial charge in [0.15, 0.2) is 0 Å². The summed E-state index contributed by atoms with van der Waals surface area (Å²) in [7, 11) is 3.48. The summed E-state index contributed by atoms with van der Waals surface area (Å²) in [4.78, 5) is 12.4. The van der Waals surface area contributed by atoms with Gasteiger partial charge in [0.25, 0.3) is 0 Å². The van der Waals surface area contributed by atoms with Crippen molar-refractivity contribution < 1.29 is 15.0 Å². The van der Waals surface area contributed by atoms with E-state index in [0.717, 1.165) is 19.4 Å². The van der Waals surface area contributed by atoms with Gasteiger partial charge in [-0.15, -0.1) is 0 Å². The highest BCUT2D eigenvalue weighted by atomic mass is 16.4.